The van der Waals surface area contributed by atoms with Gasteiger partial charge in [-0.2, -0.15) is 4.68 Å². The number of rotatable bonds is 6. The van der Waals surface area contributed by atoms with Crippen molar-refractivity contribution in [3.8, 4) is 5.69 Å². The molecule has 0 spiro atoms. The van der Waals surface area contributed by atoms with Crippen LogP contribution in [0.5, 0.6) is 0 Å². The van der Waals surface area contributed by atoms with E-state index in [0.717, 1.165) is 0 Å². The van der Waals surface area contributed by atoms with E-state index in [4.69, 9.17) is 0 Å². The fourth-order valence-electron chi connectivity index (χ4n) is 2.49. The van der Waals surface area contributed by atoms with Gasteiger partial charge in [0.2, 0.25) is 10.0 Å². The molecule has 0 bridgehead atoms. The fourth-order valence-corrected chi connectivity index (χ4v) is 3.57. The Hall–Kier alpha value is -3.18. The van der Waals surface area contributed by atoms with Crippen LogP contribution in [0.15, 0.2) is 47.4 Å². The zero-order chi connectivity index (χ0) is 20.3. The number of aryl methyl sites for hydroxylation is 1. The van der Waals surface area contributed by atoms with Crippen LogP contribution in [0.1, 0.15) is 23.1 Å². The number of sulfonamides is 1. The summed E-state index contributed by atoms with van der Waals surface area (Å²) in [6.45, 7) is 3.50. The Morgan fingerprint density at radius 3 is 2.68 bits per heavy atom. The minimum absolute atomic E-state index is 0.0221. The molecule has 146 valence electrons. The summed E-state index contributed by atoms with van der Waals surface area (Å²) in [5.41, 5.74) is 0.517. The number of carbonyl (C=O) groups excluding carboxylic acids is 1. The van der Waals surface area contributed by atoms with Gasteiger partial charge in [-0.25, -0.2) is 17.5 Å². The second-order valence-electron chi connectivity index (χ2n) is 5.79. The first-order chi connectivity index (χ1) is 13.3. The molecule has 0 atom stereocenters. The molecule has 0 saturated heterocycles. The number of nitrogens with zero attached hydrogens (tertiary/aromatic N) is 4. The van der Waals surface area contributed by atoms with E-state index < -0.39 is 21.7 Å². The number of amides is 1. The molecule has 0 fully saturated rings. The number of carbonyl (C=O) groups is 1. The van der Waals surface area contributed by atoms with E-state index >= 15 is 0 Å². The highest BCUT2D eigenvalue weighted by Gasteiger charge is 2.16. The fraction of sp³-hybridized carbons (Fsp3) is 0.176. The highest BCUT2D eigenvalue weighted by Crippen LogP contribution is 2.20. The monoisotopic (exact) mass is 404 g/mol. The Morgan fingerprint density at radius 1 is 1.21 bits per heavy atom. The van der Waals surface area contributed by atoms with Gasteiger partial charge in [0.25, 0.3) is 5.91 Å². The van der Waals surface area contributed by atoms with Crippen LogP contribution in [0.4, 0.5) is 10.1 Å². The summed E-state index contributed by atoms with van der Waals surface area (Å²) in [5.74, 6) is -0.726. The summed E-state index contributed by atoms with van der Waals surface area (Å²) in [5, 5.41) is 13.5. The lowest BCUT2D eigenvalue weighted by molar-refractivity contribution is 0.102. The molecule has 2 aromatic carbocycles. The van der Waals surface area contributed by atoms with E-state index in [2.05, 4.69) is 25.6 Å². The van der Waals surface area contributed by atoms with Crippen LogP contribution in [-0.2, 0) is 10.0 Å². The molecule has 0 unspecified atom stereocenters. The van der Waals surface area contributed by atoms with Gasteiger partial charge in [0.1, 0.15) is 11.5 Å². The number of tetrazole rings is 1. The van der Waals surface area contributed by atoms with Gasteiger partial charge in [0.05, 0.1) is 4.90 Å². The zero-order valence-corrected chi connectivity index (χ0v) is 15.9. The topological polar surface area (TPSA) is 119 Å². The van der Waals surface area contributed by atoms with Crippen molar-refractivity contribution in [2.75, 3.05) is 11.9 Å². The maximum absolute atomic E-state index is 14.1. The summed E-state index contributed by atoms with van der Waals surface area (Å²) >= 11 is 0. The summed E-state index contributed by atoms with van der Waals surface area (Å²) in [6.07, 6.45) is 0. The highest BCUT2D eigenvalue weighted by atomic mass is 32.2. The Kier molecular flexibility index (Phi) is 5.47. The first-order valence-electron chi connectivity index (χ1n) is 8.28. The van der Waals surface area contributed by atoms with Crippen molar-refractivity contribution >= 4 is 21.6 Å². The normalized spacial score (nSPS) is 11.4. The number of hydrogen-bond donors (Lipinski definition) is 2. The molecule has 0 aliphatic rings. The van der Waals surface area contributed by atoms with Gasteiger partial charge in [-0.05, 0) is 53.7 Å². The standard InChI is InChI=1S/C17H17FN6O3S/c1-3-19-28(26,27)14-6-4-5-12(9-14)17(25)20-13-7-8-15(18)16(10-13)24-11(2)21-22-23-24/h4-10,19H,3H2,1-2H3,(H,20,25). The molecule has 1 amide bonds. The van der Waals surface area contributed by atoms with E-state index in [9.17, 15) is 17.6 Å². The molecule has 0 aliphatic heterocycles. The highest BCUT2D eigenvalue weighted by molar-refractivity contribution is 7.89. The second-order valence-corrected chi connectivity index (χ2v) is 7.55. The molecule has 0 saturated carbocycles. The summed E-state index contributed by atoms with van der Waals surface area (Å²) in [4.78, 5) is 12.5. The predicted molar refractivity (Wildman–Crippen MR) is 99.1 cm³/mol. The van der Waals surface area contributed by atoms with Gasteiger partial charge in [0, 0.05) is 17.8 Å². The molecule has 11 heteroatoms. The Morgan fingerprint density at radius 2 is 2.00 bits per heavy atom. The molecule has 0 radical (unpaired) electrons. The second kappa shape index (κ2) is 7.82. The van der Waals surface area contributed by atoms with Crippen LogP contribution < -0.4 is 10.0 Å². The number of benzene rings is 2. The summed E-state index contributed by atoms with van der Waals surface area (Å²) in [6, 6.07) is 9.56. The average molecular weight is 404 g/mol. The molecule has 1 heterocycles. The molecule has 3 aromatic rings. The van der Waals surface area contributed by atoms with Gasteiger partial charge in [0.15, 0.2) is 5.82 Å². The van der Waals surface area contributed by atoms with Crippen molar-refractivity contribution < 1.29 is 17.6 Å². The quantitative estimate of drug-likeness (QED) is 0.645. The van der Waals surface area contributed by atoms with Gasteiger partial charge in [-0.1, -0.05) is 13.0 Å². The first kappa shape index (κ1) is 19.6. The third kappa shape index (κ3) is 4.05. The minimum Gasteiger partial charge on any atom is -0.322 e. The number of halogens is 1. The van der Waals surface area contributed by atoms with Crippen molar-refractivity contribution in [2.45, 2.75) is 18.7 Å². The van der Waals surface area contributed by atoms with Gasteiger partial charge in [-0.15, -0.1) is 5.10 Å². The van der Waals surface area contributed by atoms with Crippen LogP contribution in [0, 0.1) is 12.7 Å². The molecule has 28 heavy (non-hydrogen) atoms. The van der Waals surface area contributed by atoms with Crippen molar-refractivity contribution in [3.63, 3.8) is 0 Å². The predicted octanol–water partition coefficient (Wildman–Crippen LogP) is 1.66. The van der Waals surface area contributed by atoms with Crippen molar-refractivity contribution in [1.29, 1.82) is 0 Å². The molecule has 2 N–H and O–H groups in total. The lowest BCUT2D eigenvalue weighted by Crippen LogP contribution is -2.23. The van der Waals surface area contributed by atoms with Gasteiger partial charge in [-0.3, -0.25) is 4.79 Å². The van der Waals surface area contributed by atoms with Gasteiger partial charge < -0.3 is 5.32 Å². The van der Waals surface area contributed by atoms with E-state index in [0.29, 0.717) is 11.5 Å². The largest absolute Gasteiger partial charge is 0.322 e. The van der Waals surface area contributed by atoms with Crippen molar-refractivity contribution in [3.05, 3.63) is 59.7 Å². The van der Waals surface area contributed by atoms with Crippen molar-refractivity contribution in [2.24, 2.45) is 0 Å². The van der Waals surface area contributed by atoms with Crippen LogP contribution in [-0.4, -0.2) is 41.1 Å². The van der Waals surface area contributed by atoms with E-state index in [1.807, 2.05) is 0 Å². The van der Waals surface area contributed by atoms with E-state index in [1.165, 1.54) is 47.1 Å². The zero-order valence-electron chi connectivity index (χ0n) is 15.0. The van der Waals surface area contributed by atoms with Gasteiger partial charge >= 0.3 is 0 Å². The number of nitrogens with one attached hydrogen (secondary N) is 2. The number of hydrogen-bond acceptors (Lipinski definition) is 6. The third-order valence-corrected chi connectivity index (χ3v) is 5.34. The minimum atomic E-state index is -3.69. The van der Waals surface area contributed by atoms with Crippen LogP contribution in [0.25, 0.3) is 5.69 Å². The van der Waals surface area contributed by atoms with E-state index in [1.54, 1.807) is 13.8 Å². The average Bonchev–Trinajstić information content (AvgIpc) is 3.09. The van der Waals surface area contributed by atoms with Crippen LogP contribution in [0.2, 0.25) is 0 Å². The smallest absolute Gasteiger partial charge is 0.255 e. The Bertz CT molecular complexity index is 1130. The molecule has 3 rings (SSSR count). The Labute approximate surface area is 160 Å². The van der Waals surface area contributed by atoms with Crippen molar-refractivity contribution in [1.82, 2.24) is 24.9 Å². The Balaban J connectivity index is 1.87. The van der Waals surface area contributed by atoms with Crippen LogP contribution in [0.3, 0.4) is 0 Å². The number of aromatic nitrogens is 4. The van der Waals surface area contributed by atoms with Crippen LogP contribution >= 0.6 is 0 Å². The molecule has 0 aliphatic carbocycles. The van der Waals surface area contributed by atoms with E-state index in [-0.39, 0.29) is 22.7 Å². The molecule has 9 nitrogen and oxygen atoms in total. The maximum atomic E-state index is 14.1. The molecular weight excluding hydrogens is 387 g/mol. The summed E-state index contributed by atoms with van der Waals surface area (Å²) in [7, 11) is -3.69. The summed E-state index contributed by atoms with van der Waals surface area (Å²) < 4.78 is 41.9. The molecular formula is C17H17FN6O3S. The number of anilines is 1. The maximum Gasteiger partial charge on any atom is 0.255 e. The SMILES string of the molecule is CCNS(=O)(=O)c1cccc(C(=O)Nc2ccc(F)c(-n3nnnc3C)c2)c1. The first-order valence-corrected chi connectivity index (χ1v) is 9.76. The third-order valence-electron chi connectivity index (χ3n) is 3.80. The molecule has 1 aromatic heterocycles. The lowest BCUT2D eigenvalue weighted by atomic mass is 10.2. The lowest BCUT2D eigenvalue weighted by Gasteiger charge is -2.10.